The first-order valence-electron chi connectivity index (χ1n) is 8.69. The van der Waals surface area contributed by atoms with Crippen LogP contribution in [0.3, 0.4) is 0 Å². The standard InChI is InChI=1S/C15H24N2.C2H6O2.C2H6/c1-3-17(4-2)13-11-15-10-8-6-5-7-9-12-16-14-15;1-2-4-3;1-2/h5-10,14,16H,3-4,11-13H2,1-2H3;3H,2H2,1H3;1-2H3/b6-5-,9-7+,10-8+,15-14+;;. The SMILES string of the molecule is CC.CCN(CC)CCC1=C/NC/C=C/C=C\C=C\1.CCOO. The van der Waals surface area contributed by atoms with E-state index in [0.29, 0.717) is 6.61 Å². The molecule has 0 saturated carbocycles. The third kappa shape index (κ3) is 16.8. The summed E-state index contributed by atoms with van der Waals surface area (Å²) in [7, 11) is 0. The van der Waals surface area contributed by atoms with Gasteiger partial charge in [-0.3, -0.25) is 5.26 Å². The van der Waals surface area contributed by atoms with Gasteiger partial charge in [0.2, 0.25) is 0 Å². The van der Waals surface area contributed by atoms with Crippen LogP contribution in [-0.2, 0) is 4.89 Å². The maximum atomic E-state index is 7.38. The summed E-state index contributed by atoms with van der Waals surface area (Å²) in [5.74, 6) is 0. The molecule has 0 bridgehead atoms. The quantitative estimate of drug-likeness (QED) is 0.561. The van der Waals surface area contributed by atoms with Crippen molar-refractivity contribution in [3.05, 3.63) is 48.2 Å². The predicted molar refractivity (Wildman–Crippen MR) is 102 cm³/mol. The predicted octanol–water partition coefficient (Wildman–Crippen LogP) is 4.40. The van der Waals surface area contributed by atoms with Gasteiger partial charge in [0.25, 0.3) is 0 Å². The largest absolute Gasteiger partial charge is 0.387 e. The Labute approximate surface area is 143 Å². The second-order valence-electron chi connectivity index (χ2n) is 4.49. The molecule has 0 unspecified atom stereocenters. The summed E-state index contributed by atoms with van der Waals surface area (Å²) in [6, 6.07) is 0. The van der Waals surface area contributed by atoms with Crippen LogP contribution in [0.1, 0.15) is 41.0 Å². The van der Waals surface area contributed by atoms with E-state index in [9.17, 15) is 0 Å². The van der Waals surface area contributed by atoms with Crippen molar-refractivity contribution in [2.24, 2.45) is 0 Å². The molecule has 1 aliphatic rings. The summed E-state index contributed by atoms with van der Waals surface area (Å²) < 4.78 is 0. The van der Waals surface area contributed by atoms with Crippen molar-refractivity contribution in [2.75, 3.05) is 32.8 Å². The fourth-order valence-electron chi connectivity index (χ4n) is 1.74. The Kier molecular flexibility index (Phi) is 21.4. The number of rotatable bonds is 6. The smallest absolute Gasteiger partial charge is 0.0791 e. The summed E-state index contributed by atoms with van der Waals surface area (Å²) in [4.78, 5) is 5.99. The topological polar surface area (TPSA) is 44.7 Å². The molecule has 0 aromatic carbocycles. The number of hydrogen-bond acceptors (Lipinski definition) is 4. The lowest BCUT2D eigenvalue weighted by atomic mass is 10.1. The first kappa shape index (κ1) is 23.9. The van der Waals surface area contributed by atoms with Gasteiger partial charge in [0, 0.05) is 13.1 Å². The highest BCUT2D eigenvalue weighted by Crippen LogP contribution is 2.05. The van der Waals surface area contributed by atoms with Crippen molar-refractivity contribution in [3.8, 4) is 0 Å². The van der Waals surface area contributed by atoms with Crippen LogP contribution < -0.4 is 5.32 Å². The van der Waals surface area contributed by atoms with Gasteiger partial charge < -0.3 is 10.2 Å². The van der Waals surface area contributed by atoms with Crippen LogP contribution in [0.4, 0.5) is 0 Å². The van der Waals surface area contributed by atoms with Crippen LogP contribution >= 0.6 is 0 Å². The summed E-state index contributed by atoms with van der Waals surface area (Å²) >= 11 is 0. The number of hydrogen-bond donors (Lipinski definition) is 2. The van der Waals surface area contributed by atoms with Gasteiger partial charge in [0.15, 0.2) is 0 Å². The molecular formula is C19H36N2O2. The Balaban J connectivity index is 0. The minimum absolute atomic E-state index is 0.375. The van der Waals surface area contributed by atoms with E-state index in [1.807, 2.05) is 13.8 Å². The maximum Gasteiger partial charge on any atom is 0.0791 e. The molecule has 0 aromatic rings. The van der Waals surface area contributed by atoms with Gasteiger partial charge in [-0.15, -0.1) is 0 Å². The highest BCUT2D eigenvalue weighted by molar-refractivity contribution is 5.24. The molecule has 0 spiro atoms. The molecule has 1 rings (SSSR count). The molecule has 0 fully saturated rings. The summed E-state index contributed by atoms with van der Waals surface area (Å²) in [6.45, 7) is 14.8. The molecule has 1 heterocycles. The Hall–Kier alpha value is -1.36. The van der Waals surface area contributed by atoms with Gasteiger partial charge >= 0.3 is 0 Å². The zero-order valence-corrected chi connectivity index (χ0v) is 15.6. The molecule has 0 radical (unpaired) electrons. The molecule has 0 atom stereocenters. The lowest BCUT2D eigenvalue weighted by Crippen LogP contribution is -2.24. The molecular weight excluding hydrogens is 288 g/mol. The highest BCUT2D eigenvalue weighted by atomic mass is 17.1. The van der Waals surface area contributed by atoms with E-state index in [-0.39, 0.29) is 0 Å². The van der Waals surface area contributed by atoms with Gasteiger partial charge in [0.1, 0.15) is 0 Å². The zero-order chi connectivity index (χ0) is 17.8. The maximum absolute atomic E-state index is 7.38. The summed E-state index contributed by atoms with van der Waals surface area (Å²) in [5, 5.41) is 10.7. The van der Waals surface area contributed by atoms with Gasteiger partial charge in [-0.05, 0) is 38.2 Å². The average molecular weight is 325 g/mol. The normalized spacial score (nSPS) is 19.7. The van der Waals surface area contributed by atoms with Crippen LogP contribution in [0.2, 0.25) is 0 Å². The van der Waals surface area contributed by atoms with Crippen molar-refractivity contribution in [1.29, 1.82) is 0 Å². The molecule has 0 amide bonds. The molecule has 4 nitrogen and oxygen atoms in total. The molecule has 2 N–H and O–H groups in total. The third-order valence-electron chi connectivity index (χ3n) is 3.04. The fourth-order valence-corrected chi connectivity index (χ4v) is 1.74. The van der Waals surface area contributed by atoms with Gasteiger partial charge in [-0.25, -0.2) is 4.89 Å². The monoisotopic (exact) mass is 324 g/mol. The van der Waals surface area contributed by atoms with E-state index in [1.165, 1.54) is 5.57 Å². The summed E-state index contributed by atoms with van der Waals surface area (Å²) in [5.41, 5.74) is 1.36. The second kappa shape index (κ2) is 20.6. The fraction of sp³-hybridized carbons (Fsp3) is 0.579. The van der Waals surface area contributed by atoms with Crippen LogP contribution in [0.15, 0.2) is 48.2 Å². The Bertz CT molecular complexity index is 341. The van der Waals surface area contributed by atoms with Crippen LogP contribution in [-0.4, -0.2) is 42.9 Å². The Morgan fingerprint density at radius 3 is 2.26 bits per heavy atom. The van der Waals surface area contributed by atoms with Crippen molar-refractivity contribution in [2.45, 2.75) is 41.0 Å². The van der Waals surface area contributed by atoms with Crippen molar-refractivity contribution in [3.63, 3.8) is 0 Å². The lowest BCUT2D eigenvalue weighted by molar-refractivity contribution is -0.237. The summed E-state index contributed by atoms with van der Waals surface area (Å²) in [6.07, 6.45) is 15.8. The van der Waals surface area contributed by atoms with E-state index < -0.39 is 0 Å². The molecule has 23 heavy (non-hydrogen) atoms. The van der Waals surface area contributed by atoms with Gasteiger partial charge in [-0.2, -0.15) is 0 Å². The second-order valence-corrected chi connectivity index (χ2v) is 4.49. The molecule has 134 valence electrons. The third-order valence-corrected chi connectivity index (χ3v) is 3.04. The number of nitrogens with zero attached hydrogens (tertiary/aromatic N) is 1. The minimum atomic E-state index is 0.375. The van der Waals surface area contributed by atoms with Crippen molar-refractivity contribution >= 4 is 0 Å². The molecule has 0 aromatic heterocycles. The highest BCUT2D eigenvalue weighted by Gasteiger charge is 2.00. The lowest BCUT2D eigenvalue weighted by Gasteiger charge is -2.18. The minimum Gasteiger partial charge on any atom is -0.387 e. The van der Waals surface area contributed by atoms with Crippen LogP contribution in [0, 0.1) is 0 Å². The van der Waals surface area contributed by atoms with Crippen molar-refractivity contribution in [1.82, 2.24) is 10.2 Å². The van der Waals surface area contributed by atoms with E-state index in [1.54, 1.807) is 6.92 Å². The molecule has 0 aliphatic carbocycles. The van der Waals surface area contributed by atoms with Crippen LogP contribution in [0.25, 0.3) is 0 Å². The first-order valence-corrected chi connectivity index (χ1v) is 8.69. The molecule has 0 saturated heterocycles. The number of nitrogens with one attached hydrogen (secondary N) is 1. The van der Waals surface area contributed by atoms with E-state index in [4.69, 9.17) is 5.26 Å². The van der Waals surface area contributed by atoms with Gasteiger partial charge in [-0.1, -0.05) is 64.2 Å². The molecule has 4 heteroatoms. The van der Waals surface area contributed by atoms with Gasteiger partial charge in [0.05, 0.1) is 6.61 Å². The van der Waals surface area contributed by atoms with Crippen LogP contribution in [0.5, 0.6) is 0 Å². The Morgan fingerprint density at radius 2 is 1.70 bits per heavy atom. The Morgan fingerprint density at radius 1 is 1.09 bits per heavy atom. The van der Waals surface area contributed by atoms with E-state index in [0.717, 1.165) is 32.6 Å². The van der Waals surface area contributed by atoms with E-state index >= 15 is 0 Å². The zero-order valence-electron chi connectivity index (χ0n) is 15.6. The van der Waals surface area contributed by atoms with Crippen molar-refractivity contribution < 1.29 is 10.1 Å². The first-order chi connectivity index (χ1) is 11.3. The average Bonchev–Trinajstić information content (AvgIpc) is 2.63. The molecule has 1 aliphatic heterocycles. The number of allylic oxidation sites excluding steroid dienone is 5. The van der Waals surface area contributed by atoms with E-state index in [2.05, 4.69) is 71.6 Å².